The fraction of sp³-hybridized carbons (Fsp3) is 0.269. The van der Waals surface area contributed by atoms with E-state index in [0.717, 1.165) is 21.3 Å². The van der Waals surface area contributed by atoms with Crippen LogP contribution in [0, 0.1) is 6.92 Å². The van der Waals surface area contributed by atoms with E-state index in [9.17, 15) is 13.2 Å². The van der Waals surface area contributed by atoms with Crippen LogP contribution in [-0.2, 0) is 21.4 Å². The van der Waals surface area contributed by atoms with Crippen molar-refractivity contribution in [2.75, 3.05) is 37.6 Å². The third kappa shape index (κ3) is 6.25. The van der Waals surface area contributed by atoms with E-state index < -0.39 is 10.0 Å². The number of piperazine rings is 1. The van der Waals surface area contributed by atoms with Gasteiger partial charge in [0.25, 0.3) is 0 Å². The van der Waals surface area contributed by atoms with E-state index in [0.29, 0.717) is 31.2 Å². The Morgan fingerprint density at radius 2 is 1.63 bits per heavy atom. The first-order valence-electron chi connectivity index (χ1n) is 11.3. The smallest absolute Gasteiger partial charge is 0.243 e. The summed E-state index contributed by atoms with van der Waals surface area (Å²) >= 11 is 9.53. The Hall–Kier alpha value is -2.39. The summed E-state index contributed by atoms with van der Waals surface area (Å²) in [5, 5.41) is 0.679. The normalized spacial score (nSPS) is 14.4. The first kappa shape index (κ1) is 25.7. The number of benzene rings is 3. The third-order valence-corrected chi connectivity index (χ3v) is 8.68. The lowest BCUT2D eigenvalue weighted by Crippen LogP contribution is -2.51. The fourth-order valence-corrected chi connectivity index (χ4v) is 5.95. The number of anilines is 1. The number of halogens is 2. The maximum atomic E-state index is 13.5. The molecule has 35 heavy (non-hydrogen) atoms. The summed E-state index contributed by atoms with van der Waals surface area (Å²) in [6.07, 6.45) is 0. The highest BCUT2D eigenvalue weighted by Gasteiger charge is 2.30. The number of hydrogen-bond acceptors (Lipinski definition) is 4. The highest BCUT2D eigenvalue weighted by Crippen LogP contribution is 2.26. The fourth-order valence-electron chi connectivity index (χ4n) is 4.14. The molecule has 4 rings (SSSR count). The second-order valence-corrected chi connectivity index (χ2v) is 11.8. The largest absolute Gasteiger partial charge is 0.368 e. The molecule has 0 spiro atoms. The second kappa shape index (κ2) is 11.1. The van der Waals surface area contributed by atoms with Crippen LogP contribution in [0.2, 0.25) is 5.02 Å². The molecule has 0 unspecified atom stereocenters. The van der Waals surface area contributed by atoms with E-state index >= 15 is 0 Å². The molecule has 0 radical (unpaired) electrons. The minimum absolute atomic E-state index is 0.118. The van der Waals surface area contributed by atoms with Gasteiger partial charge < -0.3 is 9.80 Å². The highest BCUT2D eigenvalue weighted by molar-refractivity contribution is 9.10. The molecule has 6 nitrogen and oxygen atoms in total. The molecule has 0 bridgehead atoms. The molecule has 0 saturated carbocycles. The van der Waals surface area contributed by atoms with Crippen molar-refractivity contribution in [1.82, 2.24) is 9.21 Å². The third-order valence-electron chi connectivity index (χ3n) is 6.11. The Labute approximate surface area is 220 Å². The van der Waals surface area contributed by atoms with Crippen molar-refractivity contribution < 1.29 is 13.2 Å². The molecule has 1 amide bonds. The van der Waals surface area contributed by atoms with E-state index in [1.54, 1.807) is 29.2 Å². The highest BCUT2D eigenvalue weighted by atomic mass is 79.9. The summed E-state index contributed by atoms with van der Waals surface area (Å²) in [6, 6.07) is 21.6. The van der Waals surface area contributed by atoms with Crippen molar-refractivity contribution >= 4 is 49.1 Å². The number of carbonyl (C=O) groups excluding carboxylic acids is 1. The Morgan fingerprint density at radius 3 is 2.29 bits per heavy atom. The van der Waals surface area contributed by atoms with Crippen molar-refractivity contribution in [2.24, 2.45) is 0 Å². The van der Waals surface area contributed by atoms with E-state index in [-0.39, 0.29) is 23.9 Å². The molecule has 1 heterocycles. The van der Waals surface area contributed by atoms with Gasteiger partial charge in [-0.05, 0) is 54.4 Å². The number of nitrogens with zero attached hydrogens (tertiary/aromatic N) is 3. The topological polar surface area (TPSA) is 60.9 Å². The quantitative estimate of drug-likeness (QED) is 0.399. The summed E-state index contributed by atoms with van der Waals surface area (Å²) in [5.41, 5.74) is 3.01. The monoisotopic (exact) mass is 575 g/mol. The molecule has 3 aromatic rings. The van der Waals surface area contributed by atoms with Crippen LogP contribution in [0.15, 0.2) is 82.2 Å². The first-order chi connectivity index (χ1) is 16.7. The van der Waals surface area contributed by atoms with Gasteiger partial charge in [-0.2, -0.15) is 4.31 Å². The van der Waals surface area contributed by atoms with Crippen LogP contribution >= 0.6 is 27.5 Å². The van der Waals surface area contributed by atoms with Crippen LogP contribution in [-0.4, -0.2) is 56.3 Å². The molecule has 0 N–H and O–H groups in total. The van der Waals surface area contributed by atoms with Gasteiger partial charge in [-0.1, -0.05) is 63.9 Å². The van der Waals surface area contributed by atoms with Gasteiger partial charge in [0.2, 0.25) is 15.9 Å². The minimum atomic E-state index is -3.87. The van der Waals surface area contributed by atoms with E-state index in [1.807, 2.05) is 55.5 Å². The lowest BCUT2D eigenvalue weighted by molar-refractivity contribution is -0.131. The molecule has 1 fully saturated rings. The average molecular weight is 577 g/mol. The van der Waals surface area contributed by atoms with Gasteiger partial charge >= 0.3 is 0 Å². The van der Waals surface area contributed by atoms with Crippen molar-refractivity contribution in [3.05, 3.63) is 93.4 Å². The van der Waals surface area contributed by atoms with Crippen LogP contribution < -0.4 is 4.90 Å². The molecule has 0 atom stereocenters. The van der Waals surface area contributed by atoms with Gasteiger partial charge in [0.1, 0.15) is 0 Å². The van der Waals surface area contributed by atoms with Gasteiger partial charge in [-0.15, -0.1) is 0 Å². The number of carbonyl (C=O) groups is 1. The summed E-state index contributed by atoms with van der Waals surface area (Å²) in [6.45, 7) is 4.29. The summed E-state index contributed by atoms with van der Waals surface area (Å²) in [7, 11) is -3.87. The number of rotatable bonds is 7. The maximum absolute atomic E-state index is 13.5. The van der Waals surface area contributed by atoms with Crippen molar-refractivity contribution in [3.63, 3.8) is 0 Å². The van der Waals surface area contributed by atoms with Crippen LogP contribution in [0.4, 0.5) is 5.69 Å². The van der Waals surface area contributed by atoms with E-state index in [4.69, 9.17) is 11.6 Å². The molecule has 3 aromatic carbocycles. The second-order valence-electron chi connectivity index (χ2n) is 8.51. The van der Waals surface area contributed by atoms with Gasteiger partial charge in [0.15, 0.2) is 0 Å². The lowest BCUT2D eigenvalue weighted by atomic mass is 10.1. The molecular formula is C26H27BrClN3O3S. The lowest BCUT2D eigenvalue weighted by Gasteiger charge is -2.37. The van der Waals surface area contributed by atoms with Crippen LogP contribution in [0.25, 0.3) is 0 Å². The zero-order chi connectivity index (χ0) is 25.0. The van der Waals surface area contributed by atoms with Crippen LogP contribution in [0.5, 0.6) is 0 Å². The Morgan fingerprint density at radius 1 is 0.971 bits per heavy atom. The predicted octanol–water partition coefficient (Wildman–Crippen LogP) is 4.95. The molecule has 184 valence electrons. The molecule has 1 aliphatic rings. The number of aryl methyl sites for hydroxylation is 1. The van der Waals surface area contributed by atoms with Crippen LogP contribution in [0.1, 0.15) is 11.1 Å². The van der Waals surface area contributed by atoms with Crippen LogP contribution in [0.3, 0.4) is 0 Å². The molecular weight excluding hydrogens is 550 g/mol. The van der Waals surface area contributed by atoms with Gasteiger partial charge in [-0.25, -0.2) is 8.42 Å². The standard InChI is InChI=1S/C26H27BrClN3O3S/c1-20-7-10-23(28)17-25(20)29-13-15-30(16-14-29)26(32)19-31(18-21-5-3-2-4-6-21)35(33,34)24-11-8-22(27)9-12-24/h2-12,17H,13-16,18-19H2,1H3. The molecule has 1 saturated heterocycles. The SMILES string of the molecule is Cc1ccc(Cl)cc1N1CCN(C(=O)CN(Cc2ccccc2)S(=O)(=O)c2ccc(Br)cc2)CC1. The predicted molar refractivity (Wildman–Crippen MR) is 143 cm³/mol. The summed E-state index contributed by atoms with van der Waals surface area (Å²) in [4.78, 5) is 17.4. The zero-order valence-corrected chi connectivity index (χ0v) is 22.6. The maximum Gasteiger partial charge on any atom is 0.243 e. The Bertz CT molecular complexity index is 1280. The minimum Gasteiger partial charge on any atom is -0.368 e. The zero-order valence-electron chi connectivity index (χ0n) is 19.4. The van der Waals surface area contributed by atoms with Crippen molar-refractivity contribution in [1.29, 1.82) is 0 Å². The Kier molecular flexibility index (Phi) is 8.16. The van der Waals surface area contributed by atoms with Crippen molar-refractivity contribution in [3.8, 4) is 0 Å². The molecule has 1 aliphatic heterocycles. The van der Waals surface area contributed by atoms with Gasteiger partial charge in [0.05, 0.1) is 11.4 Å². The number of sulfonamides is 1. The molecule has 9 heteroatoms. The summed E-state index contributed by atoms with van der Waals surface area (Å²) < 4.78 is 29.0. The molecule has 0 aromatic heterocycles. The van der Waals surface area contributed by atoms with Crippen molar-refractivity contribution in [2.45, 2.75) is 18.4 Å². The van der Waals surface area contributed by atoms with E-state index in [1.165, 1.54) is 4.31 Å². The molecule has 0 aliphatic carbocycles. The van der Waals surface area contributed by atoms with Gasteiger partial charge in [0, 0.05) is 47.9 Å². The van der Waals surface area contributed by atoms with Gasteiger partial charge in [-0.3, -0.25) is 4.79 Å². The first-order valence-corrected chi connectivity index (χ1v) is 13.9. The summed E-state index contributed by atoms with van der Waals surface area (Å²) in [5.74, 6) is -0.205. The van der Waals surface area contributed by atoms with E-state index in [2.05, 4.69) is 20.8 Å². The average Bonchev–Trinajstić information content (AvgIpc) is 2.86. The number of hydrogen-bond donors (Lipinski definition) is 0. The number of amides is 1. The Balaban J connectivity index is 1.49.